The monoisotopic (exact) mass is 215 g/mol. The number of hydrogen-bond acceptors (Lipinski definition) is 3. The molecule has 0 spiro atoms. The highest BCUT2D eigenvalue weighted by Crippen LogP contribution is 2.15. The summed E-state index contributed by atoms with van der Waals surface area (Å²) in [5.74, 6) is 0.698. The second kappa shape index (κ2) is 8.08. The summed E-state index contributed by atoms with van der Waals surface area (Å²) in [5, 5.41) is 12.0. The molecule has 0 amide bonds. The normalized spacial score (nSPS) is 26.8. The number of aliphatic hydroxyl groups excluding tert-OH is 1. The molecule has 2 unspecified atom stereocenters. The molecule has 1 rings (SSSR count). The molecule has 0 aromatic rings. The summed E-state index contributed by atoms with van der Waals surface area (Å²) in [4.78, 5) is 0. The second-order valence-electron chi connectivity index (χ2n) is 4.52. The van der Waals surface area contributed by atoms with E-state index in [9.17, 15) is 0 Å². The summed E-state index contributed by atoms with van der Waals surface area (Å²) in [6.45, 7) is 5.62. The average Bonchev–Trinajstić information content (AvgIpc) is 2.25. The predicted molar refractivity (Wildman–Crippen MR) is 61.9 cm³/mol. The van der Waals surface area contributed by atoms with Gasteiger partial charge in [-0.2, -0.15) is 0 Å². The van der Waals surface area contributed by atoms with Crippen molar-refractivity contribution in [1.82, 2.24) is 5.32 Å². The second-order valence-corrected chi connectivity index (χ2v) is 4.52. The van der Waals surface area contributed by atoms with E-state index in [0.29, 0.717) is 18.6 Å². The molecule has 1 saturated heterocycles. The van der Waals surface area contributed by atoms with Crippen molar-refractivity contribution in [3.63, 3.8) is 0 Å². The molecule has 1 aliphatic rings. The van der Waals surface area contributed by atoms with Crippen molar-refractivity contribution >= 4 is 0 Å². The number of nitrogens with one attached hydrogen (secondary N) is 1. The average molecular weight is 215 g/mol. The maximum atomic E-state index is 8.62. The van der Waals surface area contributed by atoms with Gasteiger partial charge >= 0.3 is 0 Å². The van der Waals surface area contributed by atoms with Crippen LogP contribution in [0.25, 0.3) is 0 Å². The molecule has 90 valence electrons. The zero-order chi connectivity index (χ0) is 10.9. The number of aliphatic hydroxyl groups is 1. The molecule has 0 aromatic heterocycles. The van der Waals surface area contributed by atoms with E-state index in [0.717, 1.165) is 39.0 Å². The molecule has 2 N–H and O–H groups in total. The first kappa shape index (κ1) is 12.9. The third kappa shape index (κ3) is 5.50. The van der Waals surface area contributed by atoms with Gasteiger partial charge in [0, 0.05) is 19.8 Å². The van der Waals surface area contributed by atoms with Gasteiger partial charge in [-0.05, 0) is 31.7 Å². The fraction of sp³-hybridized carbons (Fsp3) is 1.00. The molecule has 1 fully saturated rings. The maximum Gasteiger partial charge on any atom is 0.0725 e. The van der Waals surface area contributed by atoms with Crippen LogP contribution in [0.3, 0.4) is 0 Å². The van der Waals surface area contributed by atoms with Crippen LogP contribution in [-0.4, -0.2) is 37.5 Å². The van der Waals surface area contributed by atoms with E-state index >= 15 is 0 Å². The Bertz CT molecular complexity index is 153. The molecule has 2 atom stereocenters. The van der Waals surface area contributed by atoms with Crippen LogP contribution in [0.15, 0.2) is 0 Å². The minimum absolute atomic E-state index is 0.324. The van der Waals surface area contributed by atoms with Gasteiger partial charge in [0.2, 0.25) is 0 Å². The van der Waals surface area contributed by atoms with Crippen molar-refractivity contribution in [3.05, 3.63) is 0 Å². The van der Waals surface area contributed by atoms with Gasteiger partial charge in [0.1, 0.15) is 0 Å². The first-order valence-electron chi connectivity index (χ1n) is 6.27. The highest BCUT2D eigenvalue weighted by Gasteiger charge is 2.20. The highest BCUT2D eigenvalue weighted by atomic mass is 16.5. The smallest absolute Gasteiger partial charge is 0.0725 e. The van der Waals surface area contributed by atoms with Crippen molar-refractivity contribution in [3.8, 4) is 0 Å². The topological polar surface area (TPSA) is 41.5 Å². The lowest BCUT2D eigenvalue weighted by Gasteiger charge is -2.29. The van der Waals surface area contributed by atoms with Crippen LogP contribution in [0, 0.1) is 5.92 Å². The van der Waals surface area contributed by atoms with Gasteiger partial charge in [0.15, 0.2) is 0 Å². The number of ether oxygens (including phenoxy) is 1. The zero-order valence-corrected chi connectivity index (χ0v) is 9.87. The summed E-state index contributed by atoms with van der Waals surface area (Å²) in [5.41, 5.74) is 0. The Morgan fingerprint density at radius 1 is 1.27 bits per heavy atom. The lowest BCUT2D eigenvalue weighted by atomic mass is 9.97. The first-order chi connectivity index (χ1) is 7.34. The van der Waals surface area contributed by atoms with Crippen molar-refractivity contribution in [2.24, 2.45) is 5.92 Å². The van der Waals surface area contributed by atoms with Gasteiger partial charge in [-0.15, -0.1) is 0 Å². The van der Waals surface area contributed by atoms with Crippen molar-refractivity contribution in [2.75, 3.05) is 26.3 Å². The van der Waals surface area contributed by atoms with E-state index in [2.05, 4.69) is 12.2 Å². The van der Waals surface area contributed by atoms with E-state index in [4.69, 9.17) is 9.84 Å². The largest absolute Gasteiger partial charge is 0.396 e. The summed E-state index contributed by atoms with van der Waals surface area (Å²) >= 11 is 0. The van der Waals surface area contributed by atoms with Crippen molar-refractivity contribution < 1.29 is 9.84 Å². The summed E-state index contributed by atoms with van der Waals surface area (Å²) in [6.07, 6.45) is 6.00. The number of rotatable bonds is 7. The Kier molecular flexibility index (Phi) is 6.98. The minimum Gasteiger partial charge on any atom is -0.396 e. The van der Waals surface area contributed by atoms with Crippen LogP contribution in [0.2, 0.25) is 0 Å². The van der Waals surface area contributed by atoms with E-state index in [1.807, 2.05) is 0 Å². The Balaban J connectivity index is 1.94. The number of hydrogen-bond donors (Lipinski definition) is 2. The Labute approximate surface area is 93.2 Å². The molecule has 0 aromatic carbocycles. The van der Waals surface area contributed by atoms with Gasteiger partial charge in [0.25, 0.3) is 0 Å². The Hall–Kier alpha value is -0.120. The lowest BCUT2D eigenvalue weighted by Crippen LogP contribution is -2.41. The molecule has 0 saturated carbocycles. The molecule has 0 bridgehead atoms. The van der Waals surface area contributed by atoms with Gasteiger partial charge in [-0.3, -0.25) is 0 Å². The van der Waals surface area contributed by atoms with Crippen LogP contribution in [-0.2, 0) is 4.74 Å². The van der Waals surface area contributed by atoms with Crippen LogP contribution in [0.1, 0.15) is 39.0 Å². The quantitative estimate of drug-likeness (QED) is 0.633. The van der Waals surface area contributed by atoms with E-state index in [1.54, 1.807) is 0 Å². The van der Waals surface area contributed by atoms with Crippen molar-refractivity contribution in [1.29, 1.82) is 0 Å². The van der Waals surface area contributed by atoms with E-state index < -0.39 is 0 Å². The van der Waals surface area contributed by atoms with Gasteiger partial charge in [-0.25, -0.2) is 0 Å². The van der Waals surface area contributed by atoms with E-state index in [-0.39, 0.29) is 0 Å². The fourth-order valence-electron chi connectivity index (χ4n) is 1.99. The molecule has 0 aliphatic carbocycles. The zero-order valence-electron chi connectivity index (χ0n) is 9.87. The van der Waals surface area contributed by atoms with Crippen LogP contribution >= 0.6 is 0 Å². The maximum absolute atomic E-state index is 8.62. The molecule has 15 heavy (non-hydrogen) atoms. The molecule has 3 heteroatoms. The SMILES string of the molecule is CC1CCNCC1OCCCCCCO. The Morgan fingerprint density at radius 2 is 2.07 bits per heavy atom. The predicted octanol–water partition coefficient (Wildman–Crippen LogP) is 1.55. The fourth-order valence-corrected chi connectivity index (χ4v) is 1.99. The summed E-state index contributed by atoms with van der Waals surface area (Å²) < 4.78 is 5.85. The third-order valence-corrected chi connectivity index (χ3v) is 3.14. The highest BCUT2D eigenvalue weighted by molar-refractivity contribution is 4.75. The molecule has 1 aliphatic heterocycles. The molecule has 0 radical (unpaired) electrons. The summed E-state index contributed by atoms with van der Waals surface area (Å²) in [6, 6.07) is 0. The van der Waals surface area contributed by atoms with E-state index in [1.165, 1.54) is 12.8 Å². The van der Waals surface area contributed by atoms with Gasteiger partial charge in [-0.1, -0.05) is 19.8 Å². The third-order valence-electron chi connectivity index (χ3n) is 3.14. The van der Waals surface area contributed by atoms with Crippen molar-refractivity contribution in [2.45, 2.75) is 45.1 Å². The number of piperidine rings is 1. The van der Waals surface area contributed by atoms with Crippen LogP contribution < -0.4 is 5.32 Å². The molecule has 3 nitrogen and oxygen atoms in total. The van der Waals surface area contributed by atoms with Gasteiger partial charge in [0.05, 0.1) is 6.10 Å². The lowest BCUT2D eigenvalue weighted by molar-refractivity contribution is 0.00229. The molecular weight excluding hydrogens is 190 g/mol. The Morgan fingerprint density at radius 3 is 2.80 bits per heavy atom. The number of unbranched alkanes of at least 4 members (excludes halogenated alkanes) is 3. The molecule has 1 heterocycles. The van der Waals surface area contributed by atoms with Gasteiger partial charge < -0.3 is 15.2 Å². The van der Waals surface area contributed by atoms with Crippen LogP contribution in [0.4, 0.5) is 0 Å². The minimum atomic E-state index is 0.324. The standard InChI is InChI=1S/C12H25NO2/c1-11-6-7-13-10-12(11)15-9-5-3-2-4-8-14/h11-14H,2-10H2,1H3. The van der Waals surface area contributed by atoms with Crippen LogP contribution in [0.5, 0.6) is 0 Å². The molecular formula is C12H25NO2. The first-order valence-corrected chi connectivity index (χ1v) is 6.27. The summed E-state index contributed by atoms with van der Waals surface area (Å²) in [7, 11) is 0.